The molecule has 0 heterocycles. The zero-order valence-corrected chi connectivity index (χ0v) is 11.6. The molecule has 0 aromatic heterocycles. The third-order valence-corrected chi connectivity index (χ3v) is 2.59. The number of aryl methyl sites for hydroxylation is 1. The highest BCUT2D eigenvalue weighted by Crippen LogP contribution is 2.08. The molecule has 1 aromatic carbocycles. The molecule has 17 heavy (non-hydrogen) atoms. The van der Waals surface area contributed by atoms with Crippen molar-refractivity contribution in [2.24, 2.45) is 0 Å². The lowest BCUT2D eigenvalue weighted by molar-refractivity contribution is 0.400. The van der Waals surface area contributed by atoms with Crippen LogP contribution in [-0.2, 0) is 0 Å². The third kappa shape index (κ3) is 6.24. The van der Waals surface area contributed by atoms with Gasteiger partial charge in [0.1, 0.15) is 0 Å². The van der Waals surface area contributed by atoms with Crippen LogP contribution < -0.4 is 10.6 Å². The topological polar surface area (TPSA) is 27.3 Å². The lowest BCUT2D eigenvalue weighted by Gasteiger charge is -2.12. The van der Waals surface area contributed by atoms with Crippen LogP contribution in [0, 0.1) is 6.92 Å². The summed E-state index contributed by atoms with van der Waals surface area (Å²) in [5, 5.41) is 7.07. The summed E-state index contributed by atoms with van der Waals surface area (Å²) < 4.78 is 0. The first-order valence-corrected chi connectivity index (χ1v) is 6.25. The van der Waals surface area contributed by atoms with E-state index in [2.05, 4.69) is 48.7 Å². The Balaban J connectivity index is 2.25. The van der Waals surface area contributed by atoms with Gasteiger partial charge in [0.15, 0.2) is 5.11 Å². The predicted molar refractivity (Wildman–Crippen MR) is 78.6 cm³/mol. The molecule has 0 amide bonds. The molecule has 0 radical (unpaired) electrons. The van der Waals surface area contributed by atoms with Gasteiger partial charge >= 0.3 is 0 Å². The van der Waals surface area contributed by atoms with E-state index in [1.54, 1.807) is 0 Å². The lowest BCUT2D eigenvalue weighted by atomic mass is 10.2. The molecule has 0 saturated carbocycles. The van der Waals surface area contributed by atoms with E-state index in [0.717, 1.165) is 25.2 Å². The SMILES string of the molecule is Cc1cccc(NC(=S)NCCCN(C)C)c1. The van der Waals surface area contributed by atoms with E-state index in [0.29, 0.717) is 5.11 Å². The number of nitrogens with one attached hydrogen (secondary N) is 2. The van der Waals surface area contributed by atoms with Crippen molar-refractivity contribution >= 4 is 23.0 Å². The van der Waals surface area contributed by atoms with Gasteiger partial charge in [-0.2, -0.15) is 0 Å². The van der Waals surface area contributed by atoms with Crippen molar-refractivity contribution in [3.05, 3.63) is 29.8 Å². The highest BCUT2D eigenvalue weighted by molar-refractivity contribution is 7.80. The summed E-state index contributed by atoms with van der Waals surface area (Å²) >= 11 is 5.22. The van der Waals surface area contributed by atoms with Crippen LogP contribution in [0.3, 0.4) is 0 Å². The maximum atomic E-state index is 5.22. The molecule has 0 spiro atoms. The first kappa shape index (κ1) is 13.9. The minimum Gasteiger partial charge on any atom is -0.362 e. The molecule has 0 bridgehead atoms. The highest BCUT2D eigenvalue weighted by atomic mass is 32.1. The molecule has 94 valence electrons. The van der Waals surface area contributed by atoms with E-state index in [9.17, 15) is 0 Å². The van der Waals surface area contributed by atoms with E-state index in [-0.39, 0.29) is 0 Å². The summed E-state index contributed by atoms with van der Waals surface area (Å²) in [7, 11) is 4.15. The number of benzene rings is 1. The van der Waals surface area contributed by atoms with Gasteiger partial charge in [-0.25, -0.2) is 0 Å². The Bertz CT molecular complexity index is 363. The second-order valence-corrected chi connectivity index (χ2v) is 4.82. The van der Waals surface area contributed by atoms with Crippen LogP contribution in [0.1, 0.15) is 12.0 Å². The number of anilines is 1. The van der Waals surface area contributed by atoms with Gasteiger partial charge in [-0.15, -0.1) is 0 Å². The standard InChI is InChI=1S/C13H21N3S/c1-11-6-4-7-12(10-11)15-13(17)14-8-5-9-16(2)3/h4,6-7,10H,5,8-9H2,1-3H3,(H2,14,15,17). The van der Waals surface area contributed by atoms with Crippen LogP contribution in [-0.4, -0.2) is 37.2 Å². The zero-order valence-electron chi connectivity index (χ0n) is 10.8. The van der Waals surface area contributed by atoms with Gasteiger partial charge in [0.25, 0.3) is 0 Å². The zero-order chi connectivity index (χ0) is 12.7. The summed E-state index contributed by atoms with van der Waals surface area (Å²) in [4.78, 5) is 2.17. The average Bonchev–Trinajstić information content (AvgIpc) is 2.24. The van der Waals surface area contributed by atoms with Gasteiger partial charge in [-0.3, -0.25) is 0 Å². The number of rotatable bonds is 5. The molecule has 0 atom stereocenters. The molecule has 3 nitrogen and oxygen atoms in total. The molecule has 2 N–H and O–H groups in total. The van der Waals surface area contributed by atoms with Gasteiger partial charge in [0.2, 0.25) is 0 Å². The van der Waals surface area contributed by atoms with Crippen molar-refractivity contribution in [3.63, 3.8) is 0 Å². The minimum atomic E-state index is 0.689. The molecule has 1 rings (SSSR count). The van der Waals surface area contributed by atoms with Crippen molar-refractivity contribution in [2.45, 2.75) is 13.3 Å². The first-order valence-electron chi connectivity index (χ1n) is 5.84. The molecule has 0 fully saturated rings. The summed E-state index contributed by atoms with van der Waals surface area (Å²) in [6.07, 6.45) is 1.09. The monoisotopic (exact) mass is 251 g/mol. The molecule has 0 unspecified atom stereocenters. The van der Waals surface area contributed by atoms with E-state index in [4.69, 9.17) is 12.2 Å². The van der Waals surface area contributed by atoms with Crippen LogP contribution >= 0.6 is 12.2 Å². The van der Waals surface area contributed by atoms with Gasteiger partial charge in [-0.05, 0) is 63.9 Å². The fourth-order valence-corrected chi connectivity index (χ4v) is 1.72. The smallest absolute Gasteiger partial charge is 0.170 e. The maximum Gasteiger partial charge on any atom is 0.170 e. The largest absolute Gasteiger partial charge is 0.362 e. The Labute approximate surface area is 109 Å². The van der Waals surface area contributed by atoms with E-state index in [1.165, 1.54) is 5.56 Å². The summed E-state index contributed by atoms with van der Waals surface area (Å²) in [5.41, 5.74) is 2.26. The van der Waals surface area contributed by atoms with Crippen molar-refractivity contribution in [2.75, 3.05) is 32.5 Å². The van der Waals surface area contributed by atoms with Crippen molar-refractivity contribution in [1.82, 2.24) is 10.2 Å². The number of hydrogen-bond donors (Lipinski definition) is 2. The Morgan fingerprint density at radius 1 is 1.35 bits per heavy atom. The van der Waals surface area contributed by atoms with Gasteiger partial charge in [0, 0.05) is 12.2 Å². The minimum absolute atomic E-state index is 0.689. The Morgan fingerprint density at radius 3 is 2.76 bits per heavy atom. The number of thiocarbonyl (C=S) groups is 1. The van der Waals surface area contributed by atoms with Crippen LogP contribution in [0.5, 0.6) is 0 Å². The molecule has 0 aliphatic rings. The van der Waals surface area contributed by atoms with Crippen molar-refractivity contribution < 1.29 is 0 Å². The molecule has 0 aliphatic carbocycles. The Hall–Kier alpha value is -1.13. The van der Waals surface area contributed by atoms with E-state index in [1.807, 2.05) is 12.1 Å². The molecule has 1 aromatic rings. The average molecular weight is 251 g/mol. The number of nitrogens with zero attached hydrogens (tertiary/aromatic N) is 1. The lowest BCUT2D eigenvalue weighted by Crippen LogP contribution is -2.30. The second kappa shape index (κ2) is 7.25. The second-order valence-electron chi connectivity index (χ2n) is 4.41. The third-order valence-electron chi connectivity index (χ3n) is 2.34. The van der Waals surface area contributed by atoms with Crippen LogP contribution in [0.4, 0.5) is 5.69 Å². The predicted octanol–water partition coefficient (Wildman–Crippen LogP) is 2.23. The summed E-state index contributed by atoms with van der Waals surface area (Å²) in [5.74, 6) is 0. The Morgan fingerprint density at radius 2 is 2.12 bits per heavy atom. The Kier molecular flexibility index (Phi) is 5.94. The van der Waals surface area contributed by atoms with Crippen molar-refractivity contribution in [3.8, 4) is 0 Å². The fraction of sp³-hybridized carbons (Fsp3) is 0.462. The van der Waals surface area contributed by atoms with Gasteiger partial charge < -0.3 is 15.5 Å². The molecular formula is C13H21N3S. The number of hydrogen-bond acceptors (Lipinski definition) is 2. The summed E-state index contributed by atoms with van der Waals surface area (Å²) in [6.45, 7) is 4.04. The van der Waals surface area contributed by atoms with Gasteiger partial charge in [-0.1, -0.05) is 12.1 Å². The van der Waals surface area contributed by atoms with Crippen LogP contribution in [0.25, 0.3) is 0 Å². The fourth-order valence-electron chi connectivity index (χ4n) is 1.50. The van der Waals surface area contributed by atoms with Crippen LogP contribution in [0.15, 0.2) is 24.3 Å². The molecule has 0 aliphatic heterocycles. The molecular weight excluding hydrogens is 230 g/mol. The molecule has 0 saturated heterocycles. The molecule has 4 heteroatoms. The first-order chi connectivity index (χ1) is 8.08. The quantitative estimate of drug-likeness (QED) is 0.620. The highest BCUT2D eigenvalue weighted by Gasteiger charge is 1.97. The van der Waals surface area contributed by atoms with E-state index >= 15 is 0 Å². The van der Waals surface area contributed by atoms with Crippen molar-refractivity contribution in [1.29, 1.82) is 0 Å². The normalized spacial score (nSPS) is 10.4. The summed E-state index contributed by atoms with van der Waals surface area (Å²) in [6, 6.07) is 8.18. The van der Waals surface area contributed by atoms with Gasteiger partial charge in [0.05, 0.1) is 0 Å². The maximum absolute atomic E-state index is 5.22. The van der Waals surface area contributed by atoms with Crippen LogP contribution in [0.2, 0.25) is 0 Å². The van der Waals surface area contributed by atoms with E-state index < -0.39 is 0 Å².